The average Bonchev–Trinajstić information content (AvgIpc) is 2.74. The molecule has 1 aliphatic rings. The van der Waals surface area contributed by atoms with E-state index in [-0.39, 0.29) is 0 Å². The van der Waals surface area contributed by atoms with Crippen LogP contribution in [-0.2, 0) is 0 Å². The van der Waals surface area contributed by atoms with E-state index in [1.165, 1.54) is 25.9 Å². The van der Waals surface area contributed by atoms with E-state index in [1.54, 1.807) is 0 Å². The summed E-state index contributed by atoms with van der Waals surface area (Å²) in [6.07, 6.45) is 2.70. The summed E-state index contributed by atoms with van der Waals surface area (Å²) in [4.78, 5) is 0. The van der Waals surface area contributed by atoms with Crippen LogP contribution in [0, 0.1) is 11.8 Å². The summed E-state index contributed by atoms with van der Waals surface area (Å²) in [5.41, 5.74) is 0. The van der Waals surface area contributed by atoms with Crippen molar-refractivity contribution in [3.63, 3.8) is 0 Å². The van der Waals surface area contributed by atoms with Gasteiger partial charge in [-0.3, -0.25) is 0 Å². The fourth-order valence-electron chi connectivity index (χ4n) is 1.49. The summed E-state index contributed by atoms with van der Waals surface area (Å²) in [6.45, 7) is 9.16. The van der Waals surface area contributed by atoms with Crippen LogP contribution in [0.4, 0.5) is 0 Å². The minimum atomic E-state index is 0.990. The van der Waals surface area contributed by atoms with Crippen LogP contribution in [0.2, 0.25) is 0 Å². The first-order chi connectivity index (χ1) is 5.84. The minimum Gasteiger partial charge on any atom is -0.317 e. The van der Waals surface area contributed by atoms with E-state index in [0.29, 0.717) is 0 Å². The van der Waals surface area contributed by atoms with Crippen molar-refractivity contribution >= 4 is 0 Å². The van der Waals surface area contributed by atoms with Crippen LogP contribution < -0.4 is 10.6 Å². The van der Waals surface area contributed by atoms with E-state index in [9.17, 15) is 0 Å². The highest BCUT2D eigenvalue weighted by Gasteiger charge is 2.31. The Bertz CT molecular complexity index is 114. The molecule has 1 aliphatic carbocycles. The van der Waals surface area contributed by atoms with Gasteiger partial charge in [0.25, 0.3) is 0 Å². The predicted octanol–water partition coefficient (Wildman–Crippen LogP) is 1.23. The first-order valence-electron chi connectivity index (χ1n) is 5.26. The van der Waals surface area contributed by atoms with Crippen LogP contribution in [0.25, 0.3) is 0 Å². The van der Waals surface area contributed by atoms with Crippen LogP contribution >= 0.6 is 0 Å². The van der Waals surface area contributed by atoms with Crippen molar-refractivity contribution in [3.8, 4) is 0 Å². The van der Waals surface area contributed by atoms with Crippen LogP contribution in [0.3, 0.4) is 0 Å². The highest BCUT2D eigenvalue weighted by molar-refractivity contribution is 4.83. The lowest BCUT2D eigenvalue weighted by Gasteiger charge is -2.03. The largest absolute Gasteiger partial charge is 0.317 e. The van der Waals surface area contributed by atoms with Gasteiger partial charge >= 0.3 is 0 Å². The second kappa shape index (κ2) is 5.55. The molecule has 2 heteroatoms. The van der Waals surface area contributed by atoms with Gasteiger partial charge in [-0.1, -0.05) is 13.8 Å². The van der Waals surface area contributed by atoms with Gasteiger partial charge in [0.15, 0.2) is 0 Å². The summed E-state index contributed by atoms with van der Waals surface area (Å²) in [5.74, 6) is 1.98. The van der Waals surface area contributed by atoms with Gasteiger partial charge in [-0.15, -0.1) is 0 Å². The molecule has 2 N–H and O–H groups in total. The molecule has 0 aromatic carbocycles. The van der Waals surface area contributed by atoms with Crippen molar-refractivity contribution in [2.45, 2.75) is 26.7 Å². The Labute approximate surface area is 76.1 Å². The highest BCUT2D eigenvalue weighted by atomic mass is 14.9. The van der Waals surface area contributed by atoms with Crippen LogP contribution in [0.15, 0.2) is 0 Å². The van der Waals surface area contributed by atoms with Crippen molar-refractivity contribution in [2.24, 2.45) is 11.8 Å². The molecular formula is C10H22N2. The van der Waals surface area contributed by atoms with E-state index in [0.717, 1.165) is 24.9 Å². The Morgan fingerprint density at radius 1 is 1.25 bits per heavy atom. The third-order valence-electron chi connectivity index (χ3n) is 2.64. The minimum absolute atomic E-state index is 0.990. The summed E-state index contributed by atoms with van der Waals surface area (Å²) >= 11 is 0. The smallest absolute Gasteiger partial charge is 0.00179 e. The first kappa shape index (κ1) is 10.0. The fraction of sp³-hybridized carbons (Fsp3) is 1.00. The normalized spacial score (nSPS) is 27.5. The summed E-state index contributed by atoms with van der Waals surface area (Å²) in [7, 11) is 0. The molecule has 2 nitrogen and oxygen atoms in total. The Kier molecular flexibility index (Phi) is 4.62. The topological polar surface area (TPSA) is 24.1 Å². The standard InChI is InChI=1S/C10H22N2/c1-3-11-5-4-6-12-8-10-7-9(10)2/h9-12H,3-8H2,1-2H3. The third-order valence-corrected chi connectivity index (χ3v) is 2.64. The number of nitrogens with one attached hydrogen (secondary N) is 2. The Balaban J connectivity index is 1.72. The molecule has 0 saturated heterocycles. The molecule has 0 amide bonds. The molecule has 0 bridgehead atoms. The molecule has 72 valence electrons. The lowest BCUT2D eigenvalue weighted by Crippen LogP contribution is -2.23. The van der Waals surface area contributed by atoms with Gasteiger partial charge < -0.3 is 10.6 Å². The Hall–Kier alpha value is -0.0800. The monoisotopic (exact) mass is 170 g/mol. The number of hydrogen-bond acceptors (Lipinski definition) is 2. The Morgan fingerprint density at radius 2 is 1.92 bits per heavy atom. The second-order valence-electron chi connectivity index (χ2n) is 3.88. The van der Waals surface area contributed by atoms with E-state index in [1.807, 2.05) is 0 Å². The fourth-order valence-corrected chi connectivity index (χ4v) is 1.49. The number of rotatable bonds is 7. The quantitative estimate of drug-likeness (QED) is 0.562. The molecule has 0 radical (unpaired) electrons. The summed E-state index contributed by atoms with van der Waals surface area (Å²) in [6, 6.07) is 0. The maximum Gasteiger partial charge on any atom is -0.00179 e. The predicted molar refractivity (Wildman–Crippen MR) is 53.3 cm³/mol. The summed E-state index contributed by atoms with van der Waals surface area (Å²) < 4.78 is 0. The van der Waals surface area contributed by atoms with Gasteiger partial charge in [0.1, 0.15) is 0 Å². The van der Waals surface area contributed by atoms with Crippen molar-refractivity contribution in [2.75, 3.05) is 26.2 Å². The molecule has 12 heavy (non-hydrogen) atoms. The first-order valence-corrected chi connectivity index (χ1v) is 5.26. The lowest BCUT2D eigenvalue weighted by molar-refractivity contribution is 0.573. The molecule has 0 spiro atoms. The van der Waals surface area contributed by atoms with E-state index in [2.05, 4.69) is 24.5 Å². The molecule has 2 atom stereocenters. The van der Waals surface area contributed by atoms with Crippen molar-refractivity contribution < 1.29 is 0 Å². The van der Waals surface area contributed by atoms with Crippen molar-refractivity contribution in [1.82, 2.24) is 10.6 Å². The zero-order chi connectivity index (χ0) is 8.81. The maximum atomic E-state index is 3.50. The molecule has 0 aliphatic heterocycles. The highest BCUT2D eigenvalue weighted by Crippen LogP contribution is 2.36. The van der Waals surface area contributed by atoms with Gasteiger partial charge in [0.2, 0.25) is 0 Å². The van der Waals surface area contributed by atoms with Crippen LogP contribution in [0.5, 0.6) is 0 Å². The van der Waals surface area contributed by atoms with Gasteiger partial charge in [0.05, 0.1) is 0 Å². The molecule has 2 unspecified atom stereocenters. The van der Waals surface area contributed by atoms with E-state index in [4.69, 9.17) is 0 Å². The molecule has 0 aromatic rings. The maximum absolute atomic E-state index is 3.50. The third kappa shape index (κ3) is 4.07. The zero-order valence-corrected chi connectivity index (χ0v) is 8.40. The molecule has 1 saturated carbocycles. The van der Waals surface area contributed by atoms with E-state index >= 15 is 0 Å². The second-order valence-corrected chi connectivity index (χ2v) is 3.88. The van der Waals surface area contributed by atoms with Gasteiger partial charge in [-0.2, -0.15) is 0 Å². The zero-order valence-electron chi connectivity index (χ0n) is 8.40. The molecule has 1 rings (SSSR count). The van der Waals surface area contributed by atoms with Gasteiger partial charge in [-0.25, -0.2) is 0 Å². The SMILES string of the molecule is CCNCCCNCC1CC1C. The molecule has 1 fully saturated rings. The van der Waals surface area contributed by atoms with Crippen LogP contribution in [0.1, 0.15) is 26.7 Å². The van der Waals surface area contributed by atoms with Crippen LogP contribution in [-0.4, -0.2) is 26.2 Å². The average molecular weight is 170 g/mol. The van der Waals surface area contributed by atoms with Gasteiger partial charge in [0, 0.05) is 0 Å². The van der Waals surface area contributed by atoms with Crippen molar-refractivity contribution in [3.05, 3.63) is 0 Å². The molecular weight excluding hydrogens is 148 g/mol. The Morgan fingerprint density at radius 3 is 2.50 bits per heavy atom. The summed E-state index contributed by atoms with van der Waals surface area (Å²) in [5, 5.41) is 6.82. The number of hydrogen-bond donors (Lipinski definition) is 2. The molecule has 0 aromatic heterocycles. The lowest BCUT2D eigenvalue weighted by atomic mass is 10.3. The van der Waals surface area contributed by atoms with Crippen molar-refractivity contribution in [1.29, 1.82) is 0 Å². The van der Waals surface area contributed by atoms with E-state index < -0.39 is 0 Å². The molecule has 0 heterocycles. The van der Waals surface area contributed by atoms with Gasteiger partial charge in [-0.05, 0) is 50.9 Å².